The Morgan fingerprint density at radius 2 is 2.11 bits per heavy atom. The van der Waals surface area contributed by atoms with E-state index in [-0.39, 0.29) is 11.9 Å². The second kappa shape index (κ2) is 4.67. The Labute approximate surface area is 114 Å². The molecular formula is C15H23N3O. The lowest BCUT2D eigenvalue weighted by Gasteiger charge is -2.33. The Morgan fingerprint density at radius 1 is 1.32 bits per heavy atom. The minimum Gasteiger partial charge on any atom is -0.344 e. The highest BCUT2D eigenvalue weighted by atomic mass is 16.2. The molecule has 1 amide bonds. The average Bonchev–Trinajstić information content (AvgIpc) is 2.71. The van der Waals surface area contributed by atoms with Crippen LogP contribution in [0.1, 0.15) is 54.7 Å². The Bertz CT molecular complexity index is 506. The maximum Gasteiger partial charge on any atom is 0.222 e. The van der Waals surface area contributed by atoms with Gasteiger partial charge in [0, 0.05) is 37.4 Å². The molecule has 1 aliphatic carbocycles. The molecule has 2 atom stereocenters. The van der Waals surface area contributed by atoms with Gasteiger partial charge >= 0.3 is 0 Å². The summed E-state index contributed by atoms with van der Waals surface area (Å²) in [6.07, 6.45) is 5.03. The first-order chi connectivity index (χ1) is 9.08. The second-order valence-electron chi connectivity index (χ2n) is 6.02. The Hall–Kier alpha value is -1.29. The molecule has 1 fully saturated rings. The fourth-order valence-corrected chi connectivity index (χ4v) is 3.67. The third kappa shape index (κ3) is 2.08. The van der Waals surface area contributed by atoms with Crippen molar-refractivity contribution < 1.29 is 4.79 Å². The highest BCUT2D eigenvalue weighted by molar-refractivity contribution is 5.76. The maximum atomic E-state index is 11.6. The van der Waals surface area contributed by atoms with Crippen LogP contribution in [0.15, 0.2) is 6.07 Å². The third-order valence-corrected chi connectivity index (χ3v) is 4.66. The van der Waals surface area contributed by atoms with Gasteiger partial charge in [0.25, 0.3) is 0 Å². The number of rotatable bonds is 1. The van der Waals surface area contributed by atoms with Crippen LogP contribution in [-0.4, -0.2) is 29.0 Å². The predicted molar refractivity (Wildman–Crippen MR) is 74.9 cm³/mol. The molecule has 2 heterocycles. The quantitative estimate of drug-likeness (QED) is 0.839. The number of aromatic nitrogens is 1. The first-order valence-electron chi connectivity index (χ1n) is 7.28. The van der Waals surface area contributed by atoms with E-state index >= 15 is 0 Å². The molecule has 0 radical (unpaired) electrons. The number of piperidine rings is 1. The van der Waals surface area contributed by atoms with Gasteiger partial charge in [-0.2, -0.15) is 0 Å². The first kappa shape index (κ1) is 12.7. The van der Waals surface area contributed by atoms with E-state index < -0.39 is 0 Å². The van der Waals surface area contributed by atoms with E-state index in [4.69, 9.17) is 5.73 Å². The number of likely N-dealkylation sites (tertiary alicyclic amines) is 1. The second-order valence-corrected chi connectivity index (χ2v) is 6.02. The van der Waals surface area contributed by atoms with E-state index in [0.717, 1.165) is 25.8 Å². The molecule has 4 heteroatoms. The summed E-state index contributed by atoms with van der Waals surface area (Å²) >= 11 is 0. The highest BCUT2D eigenvalue weighted by Gasteiger charge is 2.29. The van der Waals surface area contributed by atoms with Crippen LogP contribution in [0.2, 0.25) is 0 Å². The number of hydrogen-bond donors (Lipinski definition) is 1. The van der Waals surface area contributed by atoms with Crippen LogP contribution < -0.4 is 5.73 Å². The summed E-state index contributed by atoms with van der Waals surface area (Å²) in [7, 11) is 1.91. The van der Waals surface area contributed by atoms with Crippen LogP contribution in [-0.2, 0) is 11.2 Å². The van der Waals surface area contributed by atoms with Gasteiger partial charge in [0.2, 0.25) is 5.91 Å². The monoisotopic (exact) mass is 261 g/mol. The van der Waals surface area contributed by atoms with Crippen LogP contribution in [0.3, 0.4) is 0 Å². The van der Waals surface area contributed by atoms with Crippen LogP contribution in [0.4, 0.5) is 0 Å². The van der Waals surface area contributed by atoms with Crippen molar-refractivity contribution in [2.45, 2.75) is 51.1 Å². The molecule has 4 nitrogen and oxygen atoms in total. The molecule has 2 aliphatic rings. The summed E-state index contributed by atoms with van der Waals surface area (Å²) in [6, 6.07) is 2.89. The summed E-state index contributed by atoms with van der Waals surface area (Å²) in [4.78, 5) is 13.5. The topological polar surface area (TPSA) is 51.3 Å². The Morgan fingerprint density at radius 3 is 2.84 bits per heavy atom. The predicted octanol–water partition coefficient (Wildman–Crippen LogP) is 1.93. The fraction of sp³-hybridized carbons (Fsp3) is 0.667. The van der Waals surface area contributed by atoms with Crippen molar-refractivity contribution in [3.8, 4) is 0 Å². The molecule has 19 heavy (non-hydrogen) atoms. The minimum atomic E-state index is 0.201. The van der Waals surface area contributed by atoms with Crippen molar-refractivity contribution in [1.82, 2.24) is 9.47 Å². The molecule has 1 aliphatic heterocycles. The zero-order chi connectivity index (χ0) is 13.6. The average molecular weight is 261 g/mol. The minimum absolute atomic E-state index is 0.201. The van der Waals surface area contributed by atoms with Crippen molar-refractivity contribution in [2.75, 3.05) is 13.6 Å². The molecule has 0 aromatic carbocycles. The molecule has 1 aromatic rings. The summed E-state index contributed by atoms with van der Waals surface area (Å²) in [5.41, 5.74) is 10.3. The number of fused-ring (bicyclic) bond motifs is 1. The molecule has 2 unspecified atom stereocenters. The molecular weight excluding hydrogens is 238 g/mol. The number of nitrogens with two attached hydrogens (primary N) is 1. The SMILES string of the molecule is Cc1cc2c(n1C1CCC(=O)N(C)C1)CCCC2N. The van der Waals surface area contributed by atoms with Crippen LogP contribution >= 0.6 is 0 Å². The van der Waals surface area contributed by atoms with Crippen molar-refractivity contribution in [3.05, 3.63) is 23.0 Å². The number of nitrogens with zero attached hydrogens (tertiary/aromatic N) is 2. The number of aryl methyl sites for hydroxylation is 1. The fourth-order valence-electron chi connectivity index (χ4n) is 3.67. The van der Waals surface area contributed by atoms with Crippen molar-refractivity contribution in [2.24, 2.45) is 5.73 Å². The van der Waals surface area contributed by atoms with Gasteiger partial charge in [-0.3, -0.25) is 4.79 Å². The number of amides is 1. The van der Waals surface area contributed by atoms with E-state index in [1.807, 2.05) is 11.9 Å². The van der Waals surface area contributed by atoms with Gasteiger partial charge in [0.05, 0.1) is 6.04 Å². The number of carbonyl (C=O) groups is 1. The van der Waals surface area contributed by atoms with Gasteiger partial charge in [-0.05, 0) is 44.2 Å². The van der Waals surface area contributed by atoms with Crippen molar-refractivity contribution in [1.29, 1.82) is 0 Å². The van der Waals surface area contributed by atoms with Gasteiger partial charge in [-0.1, -0.05) is 0 Å². The Kier molecular flexibility index (Phi) is 3.13. The van der Waals surface area contributed by atoms with E-state index in [2.05, 4.69) is 17.6 Å². The molecule has 104 valence electrons. The standard InChI is InChI=1S/C15H23N3O/c1-10-8-12-13(16)4-3-5-14(12)18(10)11-6-7-15(19)17(2)9-11/h8,11,13H,3-7,9,16H2,1-2H3. The third-order valence-electron chi connectivity index (χ3n) is 4.66. The highest BCUT2D eigenvalue weighted by Crippen LogP contribution is 2.35. The number of hydrogen-bond acceptors (Lipinski definition) is 2. The summed E-state index contributed by atoms with van der Waals surface area (Å²) < 4.78 is 2.46. The van der Waals surface area contributed by atoms with E-state index in [1.165, 1.54) is 23.4 Å². The van der Waals surface area contributed by atoms with Gasteiger partial charge in [0.15, 0.2) is 0 Å². The largest absolute Gasteiger partial charge is 0.344 e. The Balaban J connectivity index is 1.95. The first-order valence-corrected chi connectivity index (χ1v) is 7.28. The van der Waals surface area contributed by atoms with Crippen LogP contribution in [0.5, 0.6) is 0 Å². The van der Waals surface area contributed by atoms with Gasteiger partial charge in [0.1, 0.15) is 0 Å². The molecule has 0 bridgehead atoms. The molecule has 0 spiro atoms. The zero-order valence-electron chi connectivity index (χ0n) is 11.9. The molecule has 1 saturated heterocycles. The lowest BCUT2D eigenvalue weighted by atomic mass is 9.93. The van der Waals surface area contributed by atoms with Crippen LogP contribution in [0.25, 0.3) is 0 Å². The lowest BCUT2D eigenvalue weighted by Crippen LogP contribution is -2.38. The molecule has 1 aromatic heterocycles. The normalized spacial score (nSPS) is 27.5. The number of carbonyl (C=O) groups excluding carboxylic acids is 1. The summed E-state index contributed by atoms with van der Waals surface area (Å²) in [6.45, 7) is 3.00. The summed E-state index contributed by atoms with van der Waals surface area (Å²) in [5.74, 6) is 0.270. The van der Waals surface area contributed by atoms with Gasteiger partial charge in [-0.25, -0.2) is 0 Å². The molecule has 0 saturated carbocycles. The van der Waals surface area contributed by atoms with Gasteiger partial charge < -0.3 is 15.2 Å². The van der Waals surface area contributed by atoms with Crippen molar-refractivity contribution in [3.63, 3.8) is 0 Å². The van der Waals surface area contributed by atoms with Crippen molar-refractivity contribution >= 4 is 5.91 Å². The lowest BCUT2D eigenvalue weighted by molar-refractivity contribution is -0.132. The van der Waals surface area contributed by atoms with E-state index in [9.17, 15) is 4.79 Å². The zero-order valence-corrected chi connectivity index (χ0v) is 11.9. The summed E-state index contributed by atoms with van der Waals surface area (Å²) in [5, 5.41) is 0. The van der Waals surface area contributed by atoms with E-state index in [0.29, 0.717) is 12.5 Å². The maximum absolute atomic E-state index is 11.6. The van der Waals surface area contributed by atoms with E-state index in [1.54, 1.807) is 0 Å². The number of likely N-dealkylation sites (N-methyl/N-ethyl adjacent to an activating group) is 1. The molecule has 3 rings (SSSR count). The van der Waals surface area contributed by atoms with Gasteiger partial charge in [-0.15, -0.1) is 0 Å². The smallest absolute Gasteiger partial charge is 0.222 e. The van der Waals surface area contributed by atoms with Crippen LogP contribution in [0, 0.1) is 6.92 Å². The molecule has 2 N–H and O–H groups in total.